The molecule has 0 spiro atoms. The molecular weight excluding hydrogens is 242 g/mol. The van der Waals surface area contributed by atoms with E-state index >= 15 is 0 Å². The summed E-state index contributed by atoms with van der Waals surface area (Å²) >= 11 is 3.46. The molecule has 0 fully saturated rings. The largest absolute Gasteiger partial charge is 0.383 e. The molecule has 2 nitrogen and oxygen atoms in total. The van der Waals surface area contributed by atoms with Gasteiger partial charge in [-0.05, 0) is 24.7 Å². The standard InChI is InChI=1S/C11H16BrNO/c1-13(6-7-14-2)9-10-4-3-5-11(12)8-10/h3-5,8H,6-7,9H2,1-2H3. The monoisotopic (exact) mass is 257 g/mol. The fourth-order valence-electron chi connectivity index (χ4n) is 1.27. The van der Waals surface area contributed by atoms with Crippen LogP contribution in [0.4, 0.5) is 0 Å². The molecule has 0 saturated heterocycles. The molecule has 0 radical (unpaired) electrons. The van der Waals surface area contributed by atoms with Gasteiger partial charge in [0.2, 0.25) is 0 Å². The lowest BCUT2D eigenvalue weighted by atomic mass is 10.2. The maximum Gasteiger partial charge on any atom is 0.0589 e. The normalized spacial score (nSPS) is 10.9. The molecule has 0 aliphatic carbocycles. The van der Waals surface area contributed by atoms with Gasteiger partial charge in [-0.1, -0.05) is 28.1 Å². The highest BCUT2D eigenvalue weighted by Gasteiger charge is 1.99. The molecule has 3 heteroatoms. The molecule has 0 aliphatic rings. The van der Waals surface area contributed by atoms with Gasteiger partial charge in [0, 0.05) is 24.7 Å². The van der Waals surface area contributed by atoms with Crippen molar-refractivity contribution in [2.45, 2.75) is 6.54 Å². The van der Waals surface area contributed by atoms with E-state index in [1.807, 2.05) is 6.07 Å². The van der Waals surface area contributed by atoms with Crippen LogP contribution in [-0.4, -0.2) is 32.2 Å². The average Bonchev–Trinajstić information content (AvgIpc) is 2.15. The Balaban J connectivity index is 2.43. The Morgan fingerprint density at radius 2 is 2.21 bits per heavy atom. The summed E-state index contributed by atoms with van der Waals surface area (Å²) in [5, 5.41) is 0. The summed E-state index contributed by atoms with van der Waals surface area (Å²) in [6.07, 6.45) is 0. The fraction of sp³-hybridized carbons (Fsp3) is 0.455. The van der Waals surface area contributed by atoms with Crippen LogP contribution in [0.1, 0.15) is 5.56 Å². The van der Waals surface area contributed by atoms with Gasteiger partial charge in [-0.3, -0.25) is 4.90 Å². The van der Waals surface area contributed by atoms with Crippen molar-refractivity contribution in [1.29, 1.82) is 0 Å². The van der Waals surface area contributed by atoms with Gasteiger partial charge in [-0.2, -0.15) is 0 Å². The fourth-order valence-corrected chi connectivity index (χ4v) is 1.72. The second-order valence-electron chi connectivity index (χ2n) is 3.36. The van der Waals surface area contributed by atoms with E-state index in [9.17, 15) is 0 Å². The van der Waals surface area contributed by atoms with E-state index in [-0.39, 0.29) is 0 Å². The van der Waals surface area contributed by atoms with Crippen molar-refractivity contribution in [3.63, 3.8) is 0 Å². The van der Waals surface area contributed by atoms with Gasteiger partial charge < -0.3 is 4.74 Å². The summed E-state index contributed by atoms with van der Waals surface area (Å²) in [6.45, 7) is 2.70. The molecule has 1 aromatic carbocycles. The van der Waals surface area contributed by atoms with Crippen molar-refractivity contribution in [3.8, 4) is 0 Å². The van der Waals surface area contributed by atoms with Gasteiger partial charge in [0.15, 0.2) is 0 Å². The van der Waals surface area contributed by atoms with E-state index in [1.54, 1.807) is 7.11 Å². The molecule has 1 rings (SSSR count). The molecule has 0 saturated carbocycles. The molecule has 0 aliphatic heterocycles. The van der Waals surface area contributed by atoms with E-state index in [0.717, 1.165) is 24.2 Å². The predicted molar refractivity (Wildman–Crippen MR) is 62.4 cm³/mol. The van der Waals surface area contributed by atoms with Crippen LogP contribution in [0.3, 0.4) is 0 Å². The Hall–Kier alpha value is -0.380. The van der Waals surface area contributed by atoms with Gasteiger partial charge in [0.1, 0.15) is 0 Å². The van der Waals surface area contributed by atoms with Crippen molar-refractivity contribution in [2.24, 2.45) is 0 Å². The lowest BCUT2D eigenvalue weighted by Crippen LogP contribution is -2.22. The van der Waals surface area contributed by atoms with Crippen LogP contribution in [0, 0.1) is 0 Å². The quantitative estimate of drug-likeness (QED) is 0.804. The molecule has 0 aromatic heterocycles. The lowest BCUT2D eigenvalue weighted by molar-refractivity contribution is 0.158. The summed E-state index contributed by atoms with van der Waals surface area (Å²) in [5.74, 6) is 0. The average molecular weight is 258 g/mol. The Morgan fingerprint density at radius 1 is 1.43 bits per heavy atom. The van der Waals surface area contributed by atoms with Gasteiger partial charge in [0.25, 0.3) is 0 Å². The van der Waals surface area contributed by atoms with Crippen LogP contribution >= 0.6 is 15.9 Å². The molecule has 78 valence electrons. The molecule has 0 amide bonds. The van der Waals surface area contributed by atoms with E-state index in [4.69, 9.17) is 4.74 Å². The molecule has 0 N–H and O–H groups in total. The van der Waals surface area contributed by atoms with Crippen molar-refractivity contribution < 1.29 is 4.74 Å². The Bertz CT molecular complexity index is 278. The van der Waals surface area contributed by atoms with Crippen LogP contribution < -0.4 is 0 Å². The minimum Gasteiger partial charge on any atom is -0.383 e. The maximum atomic E-state index is 5.02. The summed E-state index contributed by atoms with van der Waals surface area (Å²) in [4.78, 5) is 2.24. The van der Waals surface area contributed by atoms with Gasteiger partial charge >= 0.3 is 0 Å². The number of ether oxygens (including phenoxy) is 1. The molecular formula is C11H16BrNO. The zero-order valence-electron chi connectivity index (χ0n) is 8.66. The summed E-state index contributed by atoms with van der Waals surface area (Å²) < 4.78 is 6.16. The third-order valence-corrected chi connectivity index (χ3v) is 2.51. The van der Waals surface area contributed by atoms with Crippen LogP contribution in [0.25, 0.3) is 0 Å². The minimum absolute atomic E-state index is 0.782. The first-order valence-electron chi connectivity index (χ1n) is 4.64. The van der Waals surface area contributed by atoms with Gasteiger partial charge in [-0.25, -0.2) is 0 Å². The number of hydrogen-bond acceptors (Lipinski definition) is 2. The number of methoxy groups -OCH3 is 1. The number of nitrogens with zero attached hydrogens (tertiary/aromatic N) is 1. The maximum absolute atomic E-state index is 5.02. The molecule has 0 atom stereocenters. The van der Waals surface area contributed by atoms with Gasteiger partial charge in [0.05, 0.1) is 6.61 Å². The smallest absolute Gasteiger partial charge is 0.0589 e. The number of rotatable bonds is 5. The van der Waals surface area contributed by atoms with Crippen LogP contribution in [0.15, 0.2) is 28.7 Å². The van der Waals surface area contributed by atoms with Crippen molar-refractivity contribution in [1.82, 2.24) is 4.90 Å². The summed E-state index contributed by atoms with van der Waals surface area (Å²) in [5.41, 5.74) is 1.32. The first-order valence-corrected chi connectivity index (χ1v) is 5.43. The minimum atomic E-state index is 0.782. The summed E-state index contributed by atoms with van der Waals surface area (Å²) in [6, 6.07) is 8.37. The van der Waals surface area contributed by atoms with Crippen molar-refractivity contribution in [2.75, 3.05) is 27.3 Å². The van der Waals surface area contributed by atoms with Crippen molar-refractivity contribution in [3.05, 3.63) is 34.3 Å². The Labute approximate surface area is 94.0 Å². The molecule has 0 heterocycles. The first-order chi connectivity index (χ1) is 6.72. The van der Waals surface area contributed by atoms with E-state index in [1.165, 1.54) is 5.56 Å². The SMILES string of the molecule is COCCN(C)Cc1cccc(Br)c1. The van der Waals surface area contributed by atoms with E-state index in [2.05, 4.69) is 46.1 Å². The third kappa shape index (κ3) is 4.22. The highest BCUT2D eigenvalue weighted by molar-refractivity contribution is 9.10. The summed E-state index contributed by atoms with van der Waals surface area (Å²) in [7, 11) is 3.83. The highest BCUT2D eigenvalue weighted by Crippen LogP contribution is 2.12. The zero-order valence-corrected chi connectivity index (χ0v) is 10.3. The molecule has 0 unspecified atom stereocenters. The number of hydrogen-bond donors (Lipinski definition) is 0. The number of halogens is 1. The van der Waals surface area contributed by atoms with E-state index in [0.29, 0.717) is 0 Å². The van der Waals surface area contributed by atoms with Gasteiger partial charge in [-0.15, -0.1) is 0 Å². The van der Waals surface area contributed by atoms with Crippen molar-refractivity contribution >= 4 is 15.9 Å². The molecule has 1 aromatic rings. The van der Waals surface area contributed by atoms with E-state index < -0.39 is 0 Å². The molecule has 0 bridgehead atoms. The first kappa shape index (κ1) is 11.7. The second kappa shape index (κ2) is 6.17. The second-order valence-corrected chi connectivity index (χ2v) is 4.28. The topological polar surface area (TPSA) is 12.5 Å². The van der Waals surface area contributed by atoms with Crippen LogP contribution in [0.5, 0.6) is 0 Å². The molecule has 14 heavy (non-hydrogen) atoms. The van der Waals surface area contributed by atoms with Crippen LogP contribution in [-0.2, 0) is 11.3 Å². The number of likely N-dealkylation sites (N-methyl/N-ethyl adjacent to an activating group) is 1. The van der Waals surface area contributed by atoms with Crippen LogP contribution in [0.2, 0.25) is 0 Å². The highest BCUT2D eigenvalue weighted by atomic mass is 79.9. The number of benzene rings is 1. The third-order valence-electron chi connectivity index (χ3n) is 2.02. The lowest BCUT2D eigenvalue weighted by Gasteiger charge is -2.15. The zero-order chi connectivity index (χ0) is 10.4. The Kier molecular flexibility index (Phi) is 5.15. The Morgan fingerprint density at radius 3 is 2.86 bits per heavy atom. The predicted octanol–water partition coefficient (Wildman–Crippen LogP) is 2.53.